The van der Waals surface area contributed by atoms with Gasteiger partial charge in [0.05, 0.1) is 12.5 Å². The number of carbonyl (C=O) groups excluding carboxylic acids is 2. The molecule has 4 rings (SSSR count). The Morgan fingerprint density at radius 3 is 2.56 bits per heavy atom. The van der Waals surface area contributed by atoms with Gasteiger partial charge in [-0.3, -0.25) is 9.59 Å². The first-order valence-electron chi connectivity index (χ1n) is 11.8. The van der Waals surface area contributed by atoms with E-state index in [0.717, 1.165) is 28.9 Å². The van der Waals surface area contributed by atoms with Crippen molar-refractivity contribution in [2.75, 3.05) is 19.7 Å². The average Bonchev–Trinajstić information content (AvgIpc) is 3.31. The highest BCUT2D eigenvalue weighted by atomic mass is 32.1. The molecule has 0 spiro atoms. The largest absolute Gasteiger partial charge is 0.491 e. The molecule has 2 amide bonds. The minimum Gasteiger partial charge on any atom is -0.491 e. The standard InChI is InChI=1S/C28H32N2O3S/c1-20(2)30(27(31)17-22-10-5-4-6-11-22)18-28(32)29-15-13-26-23(14-16-34-26)24(29)19-33-25-12-8-7-9-21(25)3/h4-12,14,16,20,24H,13,15,17-19H2,1-3H3. The normalized spacial score (nSPS) is 15.2. The van der Waals surface area contributed by atoms with E-state index in [1.165, 1.54) is 4.88 Å². The molecule has 6 heteroatoms. The molecule has 0 saturated heterocycles. The van der Waals surface area contributed by atoms with Crippen molar-refractivity contribution in [3.05, 3.63) is 87.6 Å². The first-order chi connectivity index (χ1) is 16.4. The van der Waals surface area contributed by atoms with E-state index in [0.29, 0.717) is 19.6 Å². The number of benzene rings is 2. The molecule has 1 unspecified atom stereocenters. The summed E-state index contributed by atoms with van der Waals surface area (Å²) in [6.07, 6.45) is 1.13. The lowest BCUT2D eigenvalue weighted by atomic mass is 10.00. The molecule has 2 heterocycles. The number of para-hydroxylation sites is 1. The second-order valence-electron chi connectivity index (χ2n) is 9.01. The Morgan fingerprint density at radius 1 is 1.09 bits per heavy atom. The Bertz CT molecular complexity index is 1130. The van der Waals surface area contributed by atoms with Gasteiger partial charge in [0.1, 0.15) is 18.9 Å². The predicted molar refractivity (Wildman–Crippen MR) is 136 cm³/mol. The van der Waals surface area contributed by atoms with Gasteiger partial charge in [-0.15, -0.1) is 11.3 Å². The Hall–Kier alpha value is -3.12. The van der Waals surface area contributed by atoms with Crippen LogP contribution in [0.4, 0.5) is 0 Å². The number of aryl methyl sites for hydroxylation is 1. The topological polar surface area (TPSA) is 49.9 Å². The zero-order valence-electron chi connectivity index (χ0n) is 20.1. The van der Waals surface area contributed by atoms with Crippen LogP contribution in [-0.2, 0) is 22.4 Å². The third-order valence-corrected chi connectivity index (χ3v) is 7.35. The minimum absolute atomic E-state index is 0.0320. The summed E-state index contributed by atoms with van der Waals surface area (Å²) in [7, 11) is 0. The SMILES string of the molecule is Cc1ccccc1OCC1c2ccsc2CCN1C(=O)CN(C(=O)Cc1ccccc1)C(C)C. The molecule has 34 heavy (non-hydrogen) atoms. The maximum atomic E-state index is 13.6. The number of ether oxygens (including phenoxy) is 1. The van der Waals surface area contributed by atoms with Gasteiger partial charge in [-0.2, -0.15) is 0 Å². The fraction of sp³-hybridized carbons (Fsp3) is 0.357. The van der Waals surface area contributed by atoms with Crippen LogP contribution in [0.3, 0.4) is 0 Å². The summed E-state index contributed by atoms with van der Waals surface area (Å²) in [6, 6.07) is 19.5. The molecular weight excluding hydrogens is 444 g/mol. The molecule has 1 aliphatic rings. The highest BCUT2D eigenvalue weighted by Crippen LogP contribution is 2.34. The lowest BCUT2D eigenvalue weighted by Crippen LogP contribution is -2.49. The van der Waals surface area contributed by atoms with Gasteiger partial charge >= 0.3 is 0 Å². The van der Waals surface area contributed by atoms with Gasteiger partial charge < -0.3 is 14.5 Å². The number of thiophene rings is 1. The number of carbonyl (C=O) groups is 2. The van der Waals surface area contributed by atoms with Crippen molar-refractivity contribution < 1.29 is 14.3 Å². The van der Waals surface area contributed by atoms with E-state index < -0.39 is 0 Å². The van der Waals surface area contributed by atoms with E-state index in [1.807, 2.05) is 80.3 Å². The van der Waals surface area contributed by atoms with E-state index >= 15 is 0 Å². The third-order valence-electron chi connectivity index (χ3n) is 6.35. The minimum atomic E-state index is -0.166. The van der Waals surface area contributed by atoms with Gasteiger partial charge in [0.15, 0.2) is 0 Å². The molecule has 0 saturated carbocycles. The molecule has 0 N–H and O–H groups in total. The summed E-state index contributed by atoms with van der Waals surface area (Å²) in [5.74, 6) is 0.764. The quantitative estimate of drug-likeness (QED) is 0.458. The van der Waals surface area contributed by atoms with Crippen LogP contribution in [0.25, 0.3) is 0 Å². The lowest BCUT2D eigenvalue weighted by molar-refractivity contribution is -0.143. The van der Waals surface area contributed by atoms with Crippen LogP contribution in [-0.4, -0.2) is 47.4 Å². The first kappa shape index (κ1) is 24.0. The van der Waals surface area contributed by atoms with Crippen molar-refractivity contribution in [1.82, 2.24) is 9.80 Å². The van der Waals surface area contributed by atoms with Crippen LogP contribution in [0.15, 0.2) is 66.0 Å². The number of hydrogen-bond donors (Lipinski definition) is 0. The number of hydrogen-bond acceptors (Lipinski definition) is 4. The zero-order valence-corrected chi connectivity index (χ0v) is 20.9. The molecular formula is C28H32N2O3S. The van der Waals surface area contributed by atoms with Crippen molar-refractivity contribution >= 4 is 23.2 Å². The highest BCUT2D eigenvalue weighted by molar-refractivity contribution is 7.10. The van der Waals surface area contributed by atoms with Crippen molar-refractivity contribution in [1.29, 1.82) is 0 Å². The van der Waals surface area contributed by atoms with E-state index in [4.69, 9.17) is 4.74 Å². The molecule has 178 valence electrons. The summed E-state index contributed by atoms with van der Waals surface area (Å²) < 4.78 is 6.19. The highest BCUT2D eigenvalue weighted by Gasteiger charge is 2.34. The van der Waals surface area contributed by atoms with Gasteiger partial charge in [0.25, 0.3) is 0 Å². The van der Waals surface area contributed by atoms with Gasteiger partial charge in [0.2, 0.25) is 11.8 Å². The second-order valence-corrected chi connectivity index (χ2v) is 10.0. The molecule has 3 aromatic rings. The summed E-state index contributed by atoms with van der Waals surface area (Å²) in [5.41, 5.74) is 3.18. The van der Waals surface area contributed by atoms with Gasteiger partial charge in [-0.1, -0.05) is 48.5 Å². The summed E-state index contributed by atoms with van der Waals surface area (Å²) in [6.45, 7) is 7.04. The molecule has 5 nitrogen and oxygen atoms in total. The van der Waals surface area contributed by atoms with E-state index in [2.05, 4.69) is 11.4 Å². The van der Waals surface area contributed by atoms with E-state index in [-0.39, 0.29) is 30.4 Å². The van der Waals surface area contributed by atoms with Crippen LogP contribution in [0.5, 0.6) is 5.75 Å². The van der Waals surface area contributed by atoms with Crippen LogP contribution in [0.2, 0.25) is 0 Å². The molecule has 0 radical (unpaired) electrons. The Morgan fingerprint density at radius 2 is 1.82 bits per heavy atom. The molecule has 1 atom stereocenters. The number of rotatable bonds is 8. The van der Waals surface area contributed by atoms with Crippen molar-refractivity contribution in [2.45, 2.75) is 45.7 Å². The molecule has 1 aliphatic heterocycles. The van der Waals surface area contributed by atoms with Gasteiger partial charge in [0, 0.05) is 17.5 Å². The van der Waals surface area contributed by atoms with Crippen LogP contribution < -0.4 is 4.74 Å². The predicted octanol–water partition coefficient (Wildman–Crippen LogP) is 5.04. The summed E-state index contributed by atoms with van der Waals surface area (Å²) in [4.78, 5) is 31.6. The smallest absolute Gasteiger partial charge is 0.242 e. The number of fused-ring (bicyclic) bond motifs is 1. The fourth-order valence-electron chi connectivity index (χ4n) is 4.43. The molecule has 1 aromatic heterocycles. The molecule has 0 aliphatic carbocycles. The number of amides is 2. The monoisotopic (exact) mass is 476 g/mol. The van der Waals surface area contributed by atoms with E-state index in [1.54, 1.807) is 16.2 Å². The first-order valence-corrected chi connectivity index (χ1v) is 12.7. The van der Waals surface area contributed by atoms with E-state index in [9.17, 15) is 9.59 Å². The Kier molecular flexibility index (Phi) is 7.68. The summed E-state index contributed by atoms with van der Waals surface area (Å²) >= 11 is 1.73. The Balaban J connectivity index is 1.50. The Labute approximate surface area is 206 Å². The van der Waals surface area contributed by atoms with Crippen LogP contribution >= 0.6 is 11.3 Å². The average molecular weight is 477 g/mol. The zero-order chi connectivity index (χ0) is 24.1. The maximum absolute atomic E-state index is 13.6. The third kappa shape index (κ3) is 5.50. The van der Waals surface area contributed by atoms with Gasteiger partial charge in [-0.05, 0) is 61.4 Å². The number of nitrogens with zero attached hydrogens (tertiary/aromatic N) is 2. The summed E-state index contributed by atoms with van der Waals surface area (Å²) in [5, 5.41) is 2.09. The van der Waals surface area contributed by atoms with Crippen LogP contribution in [0, 0.1) is 6.92 Å². The van der Waals surface area contributed by atoms with Crippen molar-refractivity contribution in [3.63, 3.8) is 0 Å². The van der Waals surface area contributed by atoms with Gasteiger partial charge in [-0.25, -0.2) is 0 Å². The second kappa shape index (κ2) is 10.9. The lowest BCUT2D eigenvalue weighted by Gasteiger charge is -2.37. The maximum Gasteiger partial charge on any atom is 0.242 e. The van der Waals surface area contributed by atoms with Crippen molar-refractivity contribution in [2.24, 2.45) is 0 Å². The molecule has 2 aromatic carbocycles. The van der Waals surface area contributed by atoms with Crippen LogP contribution in [0.1, 0.15) is 41.5 Å². The molecule has 0 fully saturated rings. The molecule has 0 bridgehead atoms. The fourth-order valence-corrected chi connectivity index (χ4v) is 5.36. The van der Waals surface area contributed by atoms with Crippen molar-refractivity contribution in [3.8, 4) is 5.75 Å².